The maximum absolute atomic E-state index is 9.07. The van der Waals surface area contributed by atoms with Gasteiger partial charge in [0.2, 0.25) is 0 Å². The third-order valence-electron chi connectivity index (χ3n) is 2.07. The Kier molecular flexibility index (Phi) is 4.99. The molecule has 12 heavy (non-hydrogen) atoms. The third-order valence-corrected chi connectivity index (χ3v) is 3.12. The van der Waals surface area contributed by atoms with Gasteiger partial charge in [0.1, 0.15) is 0 Å². The van der Waals surface area contributed by atoms with Gasteiger partial charge < -0.3 is 15.5 Å². The van der Waals surface area contributed by atoms with Crippen LogP contribution in [0.15, 0.2) is 0 Å². The summed E-state index contributed by atoms with van der Waals surface area (Å²) in [5, 5.41) is 20.9. The van der Waals surface area contributed by atoms with E-state index in [-0.39, 0.29) is 6.61 Å². The summed E-state index contributed by atoms with van der Waals surface area (Å²) in [5.74, 6) is 2.43. The fraction of sp³-hybridized carbons (Fsp3) is 1.00. The van der Waals surface area contributed by atoms with E-state index in [9.17, 15) is 0 Å². The molecule has 72 valence electrons. The Morgan fingerprint density at radius 3 is 2.67 bits per heavy atom. The standard InChI is InChI=1S/C8H17NO2S/c10-6-8(11)5-9-7-1-3-12-4-2-7/h7-11H,1-6H2. The molecule has 1 unspecified atom stereocenters. The second-order valence-corrected chi connectivity index (χ2v) is 4.36. The molecule has 0 aliphatic carbocycles. The van der Waals surface area contributed by atoms with Crippen LogP contribution in [0.1, 0.15) is 12.8 Å². The lowest BCUT2D eigenvalue weighted by atomic mass is 10.1. The lowest BCUT2D eigenvalue weighted by Crippen LogP contribution is -2.38. The van der Waals surface area contributed by atoms with Gasteiger partial charge in [0.05, 0.1) is 12.7 Å². The summed E-state index contributed by atoms with van der Waals surface area (Å²) in [4.78, 5) is 0. The molecule has 0 saturated carbocycles. The number of aliphatic hydroxyl groups is 2. The molecular formula is C8H17NO2S. The van der Waals surface area contributed by atoms with Gasteiger partial charge >= 0.3 is 0 Å². The minimum atomic E-state index is -0.598. The zero-order valence-electron chi connectivity index (χ0n) is 7.20. The molecule has 0 bridgehead atoms. The summed E-state index contributed by atoms with van der Waals surface area (Å²) in [5.41, 5.74) is 0. The van der Waals surface area contributed by atoms with E-state index in [1.165, 1.54) is 24.3 Å². The van der Waals surface area contributed by atoms with E-state index in [4.69, 9.17) is 10.2 Å². The van der Waals surface area contributed by atoms with Gasteiger partial charge in [0, 0.05) is 12.6 Å². The fourth-order valence-corrected chi connectivity index (χ4v) is 2.38. The Labute approximate surface area is 77.5 Å². The van der Waals surface area contributed by atoms with Gasteiger partial charge in [0.15, 0.2) is 0 Å². The van der Waals surface area contributed by atoms with Crippen LogP contribution in [0.4, 0.5) is 0 Å². The number of nitrogens with one attached hydrogen (secondary N) is 1. The first-order chi connectivity index (χ1) is 5.83. The van der Waals surface area contributed by atoms with Crippen molar-refractivity contribution in [3.63, 3.8) is 0 Å². The normalized spacial score (nSPS) is 22.5. The van der Waals surface area contributed by atoms with Crippen molar-refractivity contribution in [1.29, 1.82) is 0 Å². The topological polar surface area (TPSA) is 52.5 Å². The Balaban J connectivity index is 2.05. The van der Waals surface area contributed by atoms with E-state index < -0.39 is 6.10 Å². The molecule has 0 spiro atoms. The van der Waals surface area contributed by atoms with E-state index in [2.05, 4.69) is 5.32 Å². The van der Waals surface area contributed by atoms with Gasteiger partial charge in [-0.25, -0.2) is 0 Å². The molecule has 0 aromatic rings. The number of hydrogen-bond acceptors (Lipinski definition) is 4. The van der Waals surface area contributed by atoms with Crippen molar-refractivity contribution in [2.24, 2.45) is 0 Å². The minimum Gasteiger partial charge on any atom is -0.394 e. The van der Waals surface area contributed by atoms with E-state index in [1.807, 2.05) is 11.8 Å². The van der Waals surface area contributed by atoms with Gasteiger partial charge in [-0.15, -0.1) is 0 Å². The lowest BCUT2D eigenvalue weighted by Gasteiger charge is -2.23. The molecule has 0 aromatic heterocycles. The molecule has 0 amide bonds. The van der Waals surface area contributed by atoms with E-state index in [0.717, 1.165) is 0 Å². The zero-order chi connectivity index (χ0) is 8.81. The summed E-state index contributed by atoms with van der Waals surface area (Å²) >= 11 is 1.99. The van der Waals surface area contributed by atoms with Gasteiger partial charge in [0.25, 0.3) is 0 Å². The monoisotopic (exact) mass is 191 g/mol. The molecule has 1 aliphatic rings. The second-order valence-electron chi connectivity index (χ2n) is 3.13. The molecule has 1 heterocycles. The third kappa shape index (κ3) is 3.76. The summed E-state index contributed by atoms with van der Waals surface area (Å²) in [6.45, 7) is 0.375. The van der Waals surface area contributed by atoms with Crippen LogP contribution in [0.3, 0.4) is 0 Å². The zero-order valence-corrected chi connectivity index (χ0v) is 8.02. The smallest absolute Gasteiger partial charge is 0.0895 e. The summed E-state index contributed by atoms with van der Waals surface area (Å²) < 4.78 is 0. The Morgan fingerprint density at radius 2 is 2.08 bits per heavy atom. The highest BCUT2D eigenvalue weighted by molar-refractivity contribution is 7.99. The van der Waals surface area contributed by atoms with Crippen LogP contribution < -0.4 is 5.32 Å². The van der Waals surface area contributed by atoms with E-state index >= 15 is 0 Å². The highest BCUT2D eigenvalue weighted by Gasteiger charge is 2.13. The Bertz CT molecular complexity index is 118. The van der Waals surface area contributed by atoms with Crippen LogP contribution in [0.25, 0.3) is 0 Å². The average molecular weight is 191 g/mol. The van der Waals surface area contributed by atoms with Crippen molar-refractivity contribution in [3.8, 4) is 0 Å². The average Bonchev–Trinajstić information content (AvgIpc) is 2.16. The molecule has 0 aromatic carbocycles. The highest BCUT2D eigenvalue weighted by atomic mass is 32.2. The van der Waals surface area contributed by atoms with Crippen molar-refractivity contribution < 1.29 is 10.2 Å². The molecule has 1 atom stereocenters. The molecular weight excluding hydrogens is 174 g/mol. The molecule has 3 N–H and O–H groups in total. The first-order valence-electron chi connectivity index (χ1n) is 4.43. The fourth-order valence-electron chi connectivity index (χ4n) is 1.27. The van der Waals surface area contributed by atoms with Crippen LogP contribution >= 0.6 is 11.8 Å². The molecule has 0 radical (unpaired) electrons. The van der Waals surface area contributed by atoms with Gasteiger partial charge in [-0.2, -0.15) is 11.8 Å². The largest absolute Gasteiger partial charge is 0.394 e. The summed E-state index contributed by atoms with van der Waals surface area (Å²) in [7, 11) is 0. The van der Waals surface area contributed by atoms with E-state index in [0.29, 0.717) is 12.6 Å². The minimum absolute atomic E-state index is 0.144. The van der Waals surface area contributed by atoms with Gasteiger partial charge in [-0.1, -0.05) is 0 Å². The van der Waals surface area contributed by atoms with Crippen molar-refractivity contribution in [2.45, 2.75) is 25.0 Å². The van der Waals surface area contributed by atoms with Crippen molar-refractivity contribution >= 4 is 11.8 Å². The maximum Gasteiger partial charge on any atom is 0.0895 e. The van der Waals surface area contributed by atoms with Crippen LogP contribution in [0.5, 0.6) is 0 Å². The maximum atomic E-state index is 9.07. The van der Waals surface area contributed by atoms with Gasteiger partial charge in [-0.05, 0) is 24.3 Å². The predicted octanol–water partition coefficient (Wildman–Crippen LogP) is -0.175. The molecule has 1 fully saturated rings. The molecule has 4 heteroatoms. The molecule has 1 aliphatic heterocycles. The van der Waals surface area contributed by atoms with E-state index in [1.54, 1.807) is 0 Å². The van der Waals surface area contributed by atoms with Crippen LogP contribution in [0, 0.1) is 0 Å². The SMILES string of the molecule is OCC(O)CNC1CCSCC1. The predicted molar refractivity (Wildman–Crippen MR) is 51.4 cm³/mol. The number of thioether (sulfide) groups is 1. The van der Waals surface area contributed by atoms with Crippen LogP contribution in [-0.4, -0.2) is 47.0 Å². The number of hydrogen-bond donors (Lipinski definition) is 3. The lowest BCUT2D eigenvalue weighted by molar-refractivity contribution is 0.0915. The molecule has 1 rings (SSSR count). The quantitative estimate of drug-likeness (QED) is 0.577. The molecule has 3 nitrogen and oxygen atoms in total. The van der Waals surface area contributed by atoms with Crippen molar-refractivity contribution in [3.05, 3.63) is 0 Å². The second kappa shape index (κ2) is 5.80. The first kappa shape index (κ1) is 10.3. The molecule has 1 saturated heterocycles. The summed E-state index contributed by atoms with van der Waals surface area (Å²) in [6, 6.07) is 0.549. The van der Waals surface area contributed by atoms with Crippen molar-refractivity contribution in [2.75, 3.05) is 24.7 Å². The highest BCUT2D eigenvalue weighted by Crippen LogP contribution is 2.16. The Morgan fingerprint density at radius 1 is 1.42 bits per heavy atom. The van der Waals surface area contributed by atoms with Crippen LogP contribution in [0.2, 0.25) is 0 Å². The summed E-state index contributed by atoms with van der Waals surface area (Å²) in [6.07, 6.45) is 1.77. The van der Waals surface area contributed by atoms with Crippen LogP contribution in [-0.2, 0) is 0 Å². The number of rotatable bonds is 4. The Hall–Kier alpha value is 0.230. The number of aliphatic hydroxyl groups excluding tert-OH is 2. The van der Waals surface area contributed by atoms with Crippen molar-refractivity contribution in [1.82, 2.24) is 5.32 Å². The first-order valence-corrected chi connectivity index (χ1v) is 5.58. The van der Waals surface area contributed by atoms with Gasteiger partial charge in [-0.3, -0.25) is 0 Å².